The lowest BCUT2D eigenvalue weighted by Gasteiger charge is -2.12. The molecule has 0 saturated heterocycles. The molecular formula is C22H16F3N. The molecule has 0 bridgehead atoms. The quantitative estimate of drug-likeness (QED) is 0.488. The Morgan fingerprint density at radius 1 is 0.808 bits per heavy atom. The molecule has 4 heteroatoms. The van der Waals surface area contributed by atoms with Crippen LogP contribution in [0.15, 0.2) is 71.7 Å². The van der Waals surface area contributed by atoms with Gasteiger partial charge in [-0.2, -0.15) is 13.2 Å². The van der Waals surface area contributed by atoms with Crippen molar-refractivity contribution in [2.75, 3.05) is 0 Å². The largest absolute Gasteiger partial charge is 0.416 e. The summed E-state index contributed by atoms with van der Waals surface area (Å²) in [6.07, 6.45) is -3.48. The summed E-state index contributed by atoms with van der Waals surface area (Å²) < 4.78 is 38.4. The van der Waals surface area contributed by atoms with E-state index in [4.69, 9.17) is 0 Å². The van der Waals surface area contributed by atoms with Gasteiger partial charge in [0.05, 0.1) is 11.3 Å². The van der Waals surface area contributed by atoms with Crippen LogP contribution in [-0.2, 0) is 12.6 Å². The zero-order valence-corrected chi connectivity index (χ0v) is 14.1. The van der Waals surface area contributed by atoms with Crippen LogP contribution in [0, 0.1) is 0 Å². The van der Waals surface area contributed by atoms with E-state index in [-0.39, 0.29) is 0 Å². The Morgan fingerprint density at radius 2 is 1.42 bits per heavy atom. The van der Waals surface area contributed by atoms with E-state index in [1.54, 1.807) is 0 Å². The van der Waals surface area contributed by atoms with Crippen LogP contribution in [-0.4, -0.2) is 5.71 Å². The maximum absolute atomic E-state index is 12.8. The lowest BCUT2D eigenvalue weighted by molar-refractivity contribution is -0.137. The first-order valence-electron chi connectivity index (χ1n) is 8.36. The summed E-state index contributed by atoms with van der Waals surface area (Å²) in [7, 11) is 0. The van der Waals surface area contributed by atoms with Crippen LogP contribution in [0.5, 0.6) is 0 Å². The first kappa shape index (κ1) is 16.6. The number of halogens is 3. The first-order valence-corrected chi connectivity index (χ1v) is 8.36. The standard InChI is InChI=1S/C22H16F3N/c1-14-12-17-13-16(8-11-21(17)26-14)20-5-3-2-4-19(20)15-6-9-18(10-7-15)22(23,24)25/h2-11,13H,12H2,1H3. The Kier molecular flexibility index (Phi) is 3.91. The highest BCUT2D eigenvalue weighted by Crippen LogP contribution is 2.37. The number of fused-ring (bicyclic) bond motifs is 1. The van der Waals surface area contributed by atoms with Crippen LogP contribution in [0.4, 0.5) is 18.9 Å². The minimum absolute atomic E-state index is 0.635. The van der Waals surface area contributed by atoms with Gasteiger partial charge in [0.1, 0.15) is 0 Å². The van der Waals surface area contributed by atoms with E-state index >= 15 is 0 Å². The third-order valence-electron chi connectivity index (χ3n) is 4.60. The van der Waals surface area contributed by atoms with Crippen LogP contribution in [0.3, 0.4) is 0 Å². The van der Waals surface area contributed by atoms with Gasteiger partial charge in [0.2, 0.25) is 0 Å². The summed E-state index contributed by atoms with van der Waals surface area (Å²) in [5.41, 5.74) is 6.36. The zero-order valence-electron chi connectivity index (χ0n) is 14.1. The summed E-state index contributed by atoms with van der Waals surface area (Å²) >= 11 is 0. The van der Waals surface area contributed by atoms with Crippen molar-refractivity contribution < 1.29 is 13.2 Å². The Hall–Kier alpha value is -2.88. The van der Waals surface area contributed by atoms with Gasteiger partial charge in [0, 0.05) is 12.1 Å². The molecule has 0 aromatic heterocycles. The van der Waals surface area contributed by atoms with E-state index < -0.39 is 11.7 Å². The second-order valence-electron chi connectivity index (χ2n) is 6.49. The molecule has 26 heavy (non-hydrogen) atoms. The van der Waals surface area contributed by atoms with E-state index in [0.717, 1.165) is 52.2 Å². The molecule has 130 valence electrons. The molecule has 0 atom stereocenters. The predicted octanol–water partition coefficient (Wildman–Crippen LogP) is 6.69. The molecule has 4 rings (SSSR count). The minimum atomic E-state index is -4.32. The van der Waals surface area contributed by atoms with E-state index in [9.17, 15) is 13.2 Å². The van der Waals surface area contributed by atoms with Crippen molar-refractivity contribution in [2.45, 2.75) is 19.5 Å². The third-order valence-corrected chi connectivity index (χ3v) is 4.60. The van der Waals surface area contributed by atoms with Gasteiger partial charge in [-0.3, -0.25) is 4.99 Å². The Balaban J connectivity index is 1.76. The first-order chi connectivity index (χ1) is 12.4. The Labute approximate surface area is 149 Å². The van der Waals surface area contributed by atoms with Gasteiger partial charge in [-0.1, -0.05) is 42.5 Å². The van der Waals surface area contributed by atoms with Crippen molar-refractivity contribution in [3.63, 3.8) is 0 Å². The van der Waals surface area contributed by atoms with Crippen molar-refractivity contribution in [3.8, 4) is 22.3 Å². The molecule has 0 N–H and O–H groups in total. The average Bonchev–Trinajstić information content (AvgIpc) is 3.00. The van der Waals surface area contributed by atoms with E-state index in [1.165, 1.54) is 17.7 Å². The van der Waals surface area contributed by atoms with Crippen molar-refractivity contribution in [3.05, 3.63) is 77.9 Å². The number of alkyl halides is 3. The normalized spacial score (nSPS) is 13.5. The van der Waals surface area contributed by atoms with E-state index in [2.05, 4.69) is 11.1 Å². The minimum Gasteiger partial charge on any atom is -0.257 e. The summed E-state index contributed by atoms with van der Waals surface area (Å²) in [6.45, 7) is 2.01. The number of benzene rings is 3. The average molecular weight is 351 g/mol. The molecule has 0 spiro atoms. The van der Waals surface area contributed by atoms with Crippen LogP contribution < -0.4 is 0 Å². The highest BCUT2D eigenvalue weighted by molar-refractivity contribution is 5.93. The third kappa shape index (κ3) is 3.03. The number of aliphatic imine (C=N–C) groups is 1. The predicted molar refractivity (Wildman–Crippen MR) is 98.8 cm³/mol. The summed E-state index contributed by atoms with van der Waals surface area (Å²) in [5, 5.41) is 0. The Bertz CT molecular complexity index is 999. The molecule has 0 unspecified atom stereocenters. The smallest absolute Gasteiger partial charge is 0.257 e. The van der Waals surface area contributed by atoms with E-state index in [1.807, 2.05) is 43.3 Å². The van der Waals surface area contributed by atoms with Gasteiger partial charge in [0.15, 0.2) is 0 Å². The molecule has 1 heterocycles. The molecule has 0 amide bonds. The van der Waals surface area contributed by atoms with Crippen LogP contribution >= 0.6 is 0 Å². The van der Waals surface area contributed by atoms with Crippen molar-refractivity contribution in [2.24, 2.45) is 4.99 Å². The van der Waals surface area contributed by atoms with Gasteiger partial charge in [-0.15, -0.1) is 0 Å². The highest BCUT2D eigenvalue weighted by Gasteiger charge is 2.30. The van der Waals surface area contributed by atoms with Crippen LogP contribution in [0.25, 0.3) is 22.3 Å². The number of hydrogen-bond donors (Lipinski definition) is 0. The molecular weight excluding hydrogens is 335 g/mol. The van der Waals surface area contributed by atoms with Crippen molar-refractivity contribution in [1.82, 2.24) is 0 Å². The fourth-order valence-corrected chi connectivity index (χ4v) is 3.35. The van der Waals surface area contributed by atoms with Crippen molar-refractivity contribution in [1.29, 1.82) is 0 Å². The molecule has 1 aliphatic heterocycles. The maximum atomic E-state index is 12.8. The number of nitrogens with zero attached hydrogens (tertiary/aromatic N) is 1. The molecule has 1 aliphatic rings. The lowest BCUT2D eigenvalue weighted by atomic mass is 9.92. The molecule has 0 fully saturated rings. The molecule has 3 aromatic rings. The van der Waals surface area contributed by atoms with Gasteiger partial charge < -0.3 is 0 Å². The topological polar surface area (TPSA) is 12.4 Å². The Morgan fingerprint density at radius 3 is 2.08 bits per heavy atom. The molecule has 1 nitrogen and oxygen atoms in total. The second-order valence-corrected chi connectivity index (χ2v) is 6.49. The van der Waals surface area contributed by atoms with Gasteiger partial charge in [-0.25, -0.2) is 0 Å². The second kappa shape index (κ2) is 6.13. The molecule has 0 radical (unpaired) electrons. The number of rotatable bonds is 2. The van der Waals surface area contributed by atoms with Gasteiger partial charge in [-0.05, 0) is 59.0 Å². The summed E-state index contributed by atoms with van der Waals surface area (Å²) in [5.74, 6) is 0. The number of hydrogen-bond acceptors (Lipinski definition) is 1. The summed E-state index contributed by atoms with van der Waals surface area (Å²) in [6, 6.07) is 19.2. The SMILES string of the molecule is CC1=Nc2ccc(-c3ccccc3-c3ccc(C(F)(F)F)cc3)cc2C1. The fraction of sp³-hybridized carbons (Fsp3) is 0.136. The molecule has 0 saturated carbocycles. The van der Waals surface area contributed by atoms with Crippen molar-refractivity contribution >= 4 is 11.4 Å². The van der Waals surface area contributed by atoms with Crippen LogP contribution in [0.1, 0.15) is 18.1 Å². The lowest BCUT2D eigenvalue weighted by Crippen LogP contribution is -2.04. The zero-order chi connectivity index (χ0) is 18.3. The van der Waals surface area contributed by atoms with E-state index in [0.29, 0.717) is 0 Å². The highest BCUT2D eigenvalue weighted by atomic mass is 19.4. The summed E-state index contributed by atoms with van der Waals surface area (Å²) in [4.78, 5) is 4.51. The van der Waals surface area contributed by atoms with Gasteiger partial charge >= 0.3 is 6.18 Å². The molecule has 3 aromatic carbocycles. The molecule has 0 aliphatic carbocycles. The van der Waals surface area contributed by atoms with Gasteiger partial charge in [0.25, 0.3) is 0 Å². The van der Waals surface area contributed by atoms with Crippen LogP contribution in [0.2, 0.25) is 0 Å². The fourth-order valence-electron chi connectivity index (χ4n) is 3.35. The maximum Gasteiger partial charge on any atom is 0.416 e. The monoisotopic (exact) mass is 351 g/mol.